The van der Waals surface area contributed by atoms with Gasteiger partial charge in [-0.05, 0) is 30.9 Å². The number of nitrogens with zero attached hydrogens (tertiary/aromatic N) is 1. The van der Waals surface area contributed by atoms with Gasteiger partial charge in [-0.15, -0.1) is 0 Å². The van der Waals surface area contributed by atoms with Crippen molar-refractivity contribution in [3.8, 4) is 11.5 Å². The molecule has 8 nitrogen and oxygen atoms in total. The summed E-state index contributed by atoms with van der Waals surface area (Å²) in [6.07, 6.45) is 3.48. The second-order valence-corrected chi connectivity index (χ2v) is 11.1. The summed E-state index contributed by atoms with van der Waals surface area (Å²) in [5, 5.41) is 12.3. The number of rotatable bonds is 4. The van der Waals surface area contributed by atoms with Crippen molar-refractivity contribution in [1.29, 1.82) is 0 Å². The molecular weight excluding hydrogens is 410 g/mol. The molecule has 2 saturated carbocycles. The van der Waals surface area contributed by atoms with Crippen LogP contribution < -0.4 is 8.92 Å². The van der Waals surface area contributed by atoms with E-state index in [9.17, 15) is 22.9 Å². The summed E-state index contributed by atoms with van der Waals surface area (Å²) in [6, 6.07) is 3.23. The van der Waals surface area contributed by atoms with Crippen LogP contribution in [-0.4, -0.2) is 66.2 Å². The zero-order valence-electron chi connectivity index (χ0n) is 16.8. The number of aliphatic hydroxyl groups is 1. The van der Waals surface area contributed by atoms with E-state index >= 15 is 0 Å². The molecule has 1 aromatic carbocycles. The Hall–Kier alpha value is -1.68. The highest BCUT2D eigenvalue weighted by Gasteiger charge is 2.76. The van der Waals surface area contributed by atoms with Gasteiger partial charge in [0.2, 0.25) is 0 Å². The third-order valence-corrected chi connectivity index (χ3v) is 8.85. The number of Topliss-reactive ketones (excluding diaryl/α,β-unsaturated/α-hetero) is 1. The topological polar surface area (TPSA) is 110 Å². The predicted octanol–water partition coefficient (Wildman–Crippen LogP) is 1.15. The van der Waals surface area contributed by atoms with Crippen LogP contribution in [0.3, 0.4) is 0 Å². The first-order valence-electron chi connectivity index (χ1n) is 10.7. The molecule has 6 rings (SSSR count). The number of ether oxygens (including phenoxy) is 1. The van der Waals surface area contributed by atoms with Gasteiger partial charge in [0.05, 0.1) is 25.6 Å². The van der Waals surface area contributed by atoms with Crippen molar-refractivity contribution < 1.29 is 36.3 Å². The summed E-state index contributed by atoms with van der Waals surface area (Å²) in [7, 11) is -2.51. The van der Waals surface area contributed by atoms with Gasteiger partial charge in [-0.2, -0.15) is 8.42 Å². The Labute approximate surface area is 175 Å². The molecule has 0 radical (unpaired) electrons. The molecule has 5 atom stereocenters. The molecule has 2 N–H and O–H groups in total. The Morgan fingerprint density at radius 2 is 2.07 bits per heavy atom. The molecule has 0 aromatic heterocycles. The summed E-state index contributed by atoms with van der Waals surface area (Å²) >= 11 is 0. The molecule has 2 bridgehead atoms. The maximum absolute atomic E-state index is 13.0. The Morgan fingerprint density at radius 3 is 2.77 bits per heavy atom. The third-order valence-electron chi connectivity index (χ3n) is 8.46. The number of piperidine rings is 1. The number of benzene rings is 1. The summed E-state index contributed by atoms with van der Waals surface area (Å²) in [5.74, 6) is 0.685. The van der Waals surface area contributed by atoms with Gasteiger partial charge in [0.15, 0.2) is 23.4 Å². The summed E-state index contributed by atoms with van der Waals surface area (Å²) in [5.41, 5.74) is -0.323. The number of likely N-dealkylation sites (tertiary alicyclic amines) is 1. The SMILES string of the molecule is C[N@+]1(CC2CC2)CC[C@]23c4c5ccc(OS(=O)(=O)O)c4O[C@H]2C(=O)CC[C@@]3(O)[C@H]1C5. The number of carbonyl (C=O) groups excluding carboxylic acids is 1. The fourth-order valence-electron chi connectivity index (χ4n) is 7.11. The van der Waals surface area contributed by atoms with Crippen molar-refractivity contribution in [3.63, 3.8) is 0 Å². The van der Waals surface area contributed by atoms with E-state index in [1.54, 1.807) is 6.07 Å². The van der Waals surface area contributed by atoms with Crippen LogP contribution in [0.5, 0.6) is 11.5 Å². The summed E-state index contributed by atoms with van der Waals surface area (Å²) in [6.45, 7) is 1.87. The molecule has 3 fully saturated rings. The smallest absolute Gasteiger partial charge is 0.446 e. The molecular formula is C21H26NO7S+. The van der Waals surface area contributed by atoms with Gasteiger partial charge >= 0.3 is 10.4 Å². The van der Waals surface area contributed by atoms with Gasteiger partial charge in [0.1, 0.15) is 11.6 Å². The Kier molecular flexibility index (Phi) is 3.53. The standard InChI is InChI=1S/C21H25NO7S/c1-22(11-12-2-3-12)9-8-20-17-13-4-5-15(29-30(25,26)27)18(17)28-19(20)14(23)6-7-21(20,24)16(22)10-13/h4-5,12,16,19,24H,2-3,6-11H2,1H3/p+1/t16-,19+,20+,21-,22-/m1/s1. The van der Waals surface area contributed by atoms with Gasteiger partial charge in [0, 0.05) is 30.7 Å². The number of ketones is 1. The van der Waals surface area contributed by atoms with Crippen LogP contribution in [0.15, 0.2) is 12.1 Å². The van der Waals surface area contributed by atoms with Crippen molar-refractivity contribution in [1.82, 2.24) is 0 Å². The van der Waals surface area contributed by atoms with Gasteiger partial charge in [-0.25, -0.2) is 0 Å². The number of hydrogen-bond acceptors (Lipinski definition) is 6. The molecule has 30 heavy (non-hydrogen) atoms. The number of quaternary nitrogens is 1. The normalized spacial score (nSPS) is 41.2. The minimum absolute atomic E-state index is 0.0437. The van der Waals surface area contributed by atoms with Crippen LogP contribution in [0.4, 0.5) is 0 Å². The van der Waals surface area contributed by atoms with Gasteiger partial charge in [-0.3, -0.25) is 9.35 Å². The number of hydrogen-bond donors (Lipinski definition) is 2. The second kappa shape index (κ2) is 5.56. The Balaban J connectivity index is 1.57. The molecule has 1 spiro atoms. The van der Waals surface area contributed by atoms with Gasteiger partial charge in [-0.1, -0.05) is 6.07 Å². The number of likely N-dealkylation sites (N-methyl/N-ethyl adjacent to an activating group) is 1. The molecule has 2 heterocycles. The van der Waals surface area contributed by atoms with Crippen molar-refractivity contribution in [3.05, 3.63) is 23.3 Å². The largest absolute Gasteiger partial charge is 0.477 e. The second-order valence-electron chi connectivity index (χ2n) is 10.1. The fourth-order valence-corrected chi connectivity index (χ4v) is 7.47. The summed E-state index contributed by atoms with van der Waals surface area (Å²) < 4.78 is 43.6. The van der Waals surface area contributed by atoms with E-state index in [-0.39, 0.29) is 29.7 Å². The summed E-state index contributed by atoms with van der Waals surface area (Å²) in [4.78, 5) is 13.0. The van der Waals surface area contributed by atoms with Crippen LogP contribution in [-0.2, 0) is 27.0 Å². The first-order chi connectivity index (χ1) is 14.1. The van der Waals surface area contributed by atoms with Crippen molar-refractivity contribution in [2.75, 3.05) is 20.1 Å². The first-order valence-corrected chi connectivity index (χ1v) is 12.0. The van der Waals surface area contributed by atoms with E-state index in [1.165, 1.54) is 18.9 Å². The average molecular weight is 437 g/mol. The first kappa shape index (κ1) is 19.0. The van der Waals surface area contributed by atoms with E-state index in [0.29, 0.717) is 30.7 Å². The fraction of sp³-hybridized carbons (Fsp3) is 0.667. The molecule has 2 aliphatic heterocycles. The highest BCUT2D eigenvalue weighted by Crippen LogP contribution is 2.66. The Morgan fingerprint density at radius 1 is 1.30 bits per heavy atom. The highest BCUT2D eigenvalue weighted by atomic mass is 32.3. The lowest BCUT2D eigenvalue weighted by molar-refractivity contribution is -0.950. The van der Waals surface area contributed by atoms with Gasteiger partial charge < -0.3 is 18.5 Å². The van der Waals surface area contributed by atoms with Crippen LogP contribution in [0.1, 0.15) is 43.2 Å². The van der Waals surface area contributed by atoms with Crippen molar-refractivity contribution in [2.24, 2.45) is 5.92 Å². The zero-order valence-corrected chi connectivity index (χ0v) is 17.7. The van der Waals surface area contributed by atoms with E-state index < -0.39 is 27.5 Å². The van der Waals surface area contributed by atoms with Gasteiger partial charge in [0.25, 0.3) is 0 Å². The van der Waals surface area contributed by atoms with E-state index in [1.807, 2.05) is 0 Å². The third kappa shape index (κ3) is 2.26. The van der Waals surface area contributed by atoms with Crippen LogP contribution in [0, 0.1) is 5.92 Å². The van der Waals surface area contributed by atoms with E-state index in [0.717, 1.165) is 23.1 Å². The molecule has 1 aromatic rings. The molecule has 1 saturated heterocycles. The molecule has 162 valence electrons. The maximum atomic E-state index is 13.0. The van der Waals surface area contributed by atoms with Crippen LogP contribution in [0.2, 0.25) is 0 Å². The quantitative estimate of drug-likeness (QED) is 0.538. The molecule has 9 heteroatoms. The van der Waals surface area contributed by atoms with Crippen LogP contribution >= 0.6 is 0 Å². The lowest BCUT2D eigenvalue weighted by atomic mass is 9.48. The van der Waals surface area contributed by atoms with Crippen LogP contribution in [0.25, 0.3) is 0 Å². The minimum atomic E-state index is -4.75. The monoisotopic (exact) mass is 436 g/mol. The van der Waals surface area contributed by atoms with E-state index in [2.05, 4.69) is 7.05 Å². The molecule has 5 aliphatic rings. The molecule has 0 amide bonds. The minimum Gasteiger partial charge on any atom is -0.477 e. The lowest BCUT2D eigenvalue weighted by Crippen LogP contribution is -2.80. The maximum Gasteiger partial charge on any atom is 0.446 e. The highest BCUT2D eigenvalue weighted by molar-refractivity contribution is 7.81. The van der Waals surface area contributed by atoms with E-state index in [4.69, 9.17) is 8.92 Å². The van der Waals surface area contributed by atoms with Crippen molar-refractivity contribution in [2.45, 2.75) is 61.7 Å². The predicted molar refractivity (Wildman–Crippen MR) is 105 cm³/mol. The average Bonchev–Trinajstić information content (AvgIpc) is 3.38. The zero-order chi connectivity index (χ0) is 21.1. The lowest BCUT2D eigenvalue weighted by Gasteiger charge is -2.64. The molecule has 0 unspecified atom stereocenters. The Bertz CT molecular complexity index is 1080. The molecule has 3 aliphatic carbocycles. The van der Waals surface area contributed by atoms with Crippen molar-refractivity contribution >= 4 is 16.2 Å². The number of carbonyl (C=O) groups is 1.